The fourth-order valence-electron chi connectivity index (χ4n) is 11.9. The van der Waals surface area contributed by atoms with E-state index >= 15 is 0 Å². The number of nitrogens with zero attached hydrogens (tertiary/aromatic N) is 1. The first-order valence-corrected chi connectivity index (χ1v) is 12.5. The molecule has 8 rings (SSSR count). The van der Waals surface area contributed by atoms with Gasteiger partial charge in [0.1, 0.15) is 0 Å². The van der Waals surface area contributed by atoms with Gasteiger partial charge >= 0.3 is 0 Å². The second-order valence-electron chi connectivity index (χ2n) is 12.2. The highest BCUT2D eigenvalue weighted by Crippen LogP contribution is 2.78. The van der Waals surface area contributed by atoms with Crippen molar-refractivity contribution in [3.8, 4) is 6.07 Å². The SMILES string of the molecule is CC1C(CCCC#N)C2CC1C1C3OC(C21)C1C2CC(C4C5C=CC(C5)C24)C31. The van der Waals surface area contributed by atoms with Gasteiger partial charge in [0.25, 0.3) is 0 Å². The van der Waals surface area contributed by atoms with Crippen molar-refractivity contribution < 1.29 is 4.74 Å². The number of allylic oxidation sites excluding steroid dienone is 2. The van der Waals surface area contributed by atoms with Crippen LogP contribution in [0.25, 0.3) is 0 Å². The molecule has 0 N–H and O–H groups in total. The van der Waals surface area contributed by atoms with Crippen LogP contribution in [0, 0.1) is 94.2 Å². The lowest BCUT2D eigenvalue weighted by Gasteiger charge is -2.49. The number of rotatable bonds is 3. The highest BCUT2D eigenvalue weighted by Gasteiger charge is 2.77. The Morgan fingerprint density at radius 1 is 0.821 bits per heavy atom. The van der Waals surface area contributed by atoms with E-state index in [0.29, 0.717) is 12.2 Å². The summed E-state index contributed by atoms with van der Waals surface area (Å²) in [6.45, 7) is 2.55. The van der Waals surface area contributed by atoms with Crippen molar-refractivity contribution in [2.24, 2.45) is 82.9 Å². The topological polar surface area (TPSA) is 33.0 Å². The van der Waals surface area contributed by atoms with Gasteiger partial charge in [0.05, 0.1) is 18.3 Å². The smallest absolute Gasteiger partial charge is 0.0648 e. The fourth-order valence-corrected chi connectivity index (χ4v) is 11.9. The van der Waals surface area contributed by atoms with Crippen molar-refractivity contribution in [2.75, 3.05) is 0 Å². The number of hydrogen-bond acceptors (Lipinski definition) is 2. The van der Waals surface area contributed by atoms with Gasteiger partial charge in [0.2, 0.25) is 0 Å². The Morgan fingerprint density at radius 3 is 2.11 bits per heavy atom. The summed E-state index contributed by atoms with van der Waals surface area (Å²) in [6.07, 6.45) is 14.2. The zero-order valence-corrected chi connectivity index (χ0v) is 17.0. The Balaban J connectivity index is 1.12. The van der Waals surface area contributed by atoms with Gasteiger partial charge in [-0.2, -0.15) is 5.26 Å². The van der Waals surface area contributed by atoms with Crippen molar-refractivity contribution in [3.05, 3.63) is 12.2 Å². The summed E-state index contributed by atoms with van der Waals surface area (Å²) >= 11 is 0. The van der Waals surface area contributed by atoms with Crippen LogP contribution in [-0.4, -0.2) is 12.2 Å². The normalized spacial score (nSPS) is 67.9. The first-order chi connectivity index (χ1) is 13.8. The summed E-state index contributed by atoms with van der Waals surface area (Å²) in [7, 11) is 0. The Morgan fingerprint density at radius 2 is 1.43 bits per heavy atom. The standard InChI is InChI=1S/C26H33NO/c1-11-14(4-2-3-7-27)16-9-15(11)21-22(16)26-24-18-10-17(23(24)25(21)28-26)19-12-5-6-13(8-12)20(18)19/h5-6,11-26H,2-4,8-10H2,1H3. The minimum absolute atomic E-state index is 0.625. The molecule has 0 aromatic carbocycles. The summed E-state index contributed by atoms with van der Waals surface area (Å²) < 4.78 is 6.97. The molecule has 7 fully saturated rings. The molecule has 16 atom stereocenters. The highest BCUT2D eigenvalue weighted by atomic mass is 16.5. The van der Waals surface area contributed by atoms with Crippen LogP contribution in [-0.2, 0) is 4.74 Å². The van der Waals surface area contributed by atoms with E-state index in [0.717, 1.165) is 95.7 Å². The predicted molar refractivity (Wildman–Crippen MR) is 106 cm³/mol. The van der Waals surface area contributed by atoms with Gasteiger partial charge in [0.15, 0.2) is 0 Å². The Hall–Kier alpha value is -0.810. The van der Waals surface area contributed by atoms with Gasteiger partial charge in [-0.15, -0.1) is 0 Å². The molecule has 2 heteroatoms. The van der Waals surface area contributed by atoms with Crippen molar-refractivity contribution in [2.45, 2.75) is 57.7 Å². The molecule has 0 spiro atoms. The van der Waals surface area contributed by atoms with Gasteiger partial charge in [-0.05, 0) is 115 Å². The molecule has 16 unspecified atom stereocenters. The molecule has 6 aliphatic carbocycles. The van der Waals surface area contributed by atoms with E-state index in [1.807, 2.05) is 0 Å². The molecule has 8 bridgehead atoms. The van der Waals surface area contributed by atoms with E-state index in [2.05, 4.69) is 25.1 Å². The average molecular weight is 376 g/mol. The van der Waals surface area contributed by atoms with Gasteiger partial charge < -0.3 is 4.74 Å². The zero-order valence-electron chi connectivity index (χ0n) is 17.0. The first-order valence-electron chi connectivity index (χ1n) is 12.5. The maximum Gasteiger partial charge on any atom is 0.0648 e. The molecule has 0 radical (unpaired) electrons. The van der Waals surface area contributed by atoms with Gasteiger partial charge in [-0.25, -0.2) is 0 Å². The molecule has 148 valence electrons. The van der Waals surface area contributed by atoms with E-state index in [-0.39, 0.29) is 0 Å². The van der Waals surface area contributed by atoms with Gasteiger partial charge in [0, 0.05) is 6.42 Å². The summed E-state index contributed by atoms with van der Waals surface area (Å²) in [5.74, 6) is 13.3. The van der Waals surface area contributed by atoms with Crippen LogP contribution >= 0.6 is 0 Å². The average Bonchev–Trinajstić information content (AvgIpc) is 3.52. The van der Waals surface area contributed by atoms with Crippen LogP contribution in [0.4, 0.5) is 0 Å². The maximum atomic E-state index is 8.98. The third-order valence-corrected chi connectivity index (χ3v) is 12.1. The molecule has 5 saturated carbocycles. The summed E-state index contributed by atoms with van der Waals surface area (Å²) in [4.78, 5) is 0. The molecule has 2 nitrogen and oxygen atoms in total. The van der Waals surface area contributed by atoms with Crippen LogP contribution in [0.2, 0.25) is 0 Å². The van der Waals surface area contributed by atoms with Crippen LogP contribution < -0.4 is 0 Å². The largest absolute Gasteiger partial charge is 0.374 e. The van der Waals surface area contributed by atoms with Crippen molar-refractivity contribution in [1.82, 2.24) is 0 Å². The minimum atomic E-state index is 0.625. The van der Waals surface area contributed by atoms with E-state index in [9.17, 15) is 0 Å². The quantitative estimate of drug-likeness (QED) is 0.399. The lowest BCUT2D eigenvalue weighted by atomic mass is 9.53. The highest BCUT2D eigenvalue weighted by molar-refractivity contribution is 5.28. The predicted octanol–water partition coefficient (Wildman–Crippen LogP) is 4.92. The molecule has 28 heavy (non-hydrogen) atoms. The van der Waals surface area contributed by atoms with Crippen LogP contribution in [0.15, 0.2) is 12.2 Å². The number of nitriles is 1. The Bertz CT molecular complexity index is 797. The summed E-state index contributed by atoms with van der Waals surface area (Å²) in [5.41, 5.74) is 0. The molecule has 2 aliphatic heterocycles. The zero-order chi connectivity index (χ0) is 18.3. The van der Waals surface area contributed by atoms with Gasteiger partial charge in [-0.3, -0.25) is 0 Å². The third-order valence-electron chi connectivity index (χ3n) is 12.1. The molecule has 2 saturated heterocycles. The Kier molecular flexibility index (Phi) is 2.90. The second-order valence-corrected chi connectivity index (χ2v) is 12.2. The fraction of sp³-hybridized carbons (Fsp3) is 0.885. The lowest BCUT2D eigenvalue weighted by molar-refractivity contribution is -0.00430. The molecular weight excluding hydrogens is 342 g/mol. The first kappa shape index (κ1) is 16.0. The van der Waals surface area contributed by atoms with Crippen LogP contribution in [0.3, 0.4) is 0 Å². The lowest BCUT2D eigenvalue weighted by Crippen LogP contribution is -2.51. The molecule has 0 aromatic rings. The minimum Gasteiger partial charge on any atom is -0.374 e. The summed E-state index contributed by atoms with van der Waals surface area (Å²) in [6, 6.07) is 2.38. The van der Waals surface area contributed by atoms with Crippen molar-refractivity contribution >= 4 is 0 Å². The van der Waals surface area contributed by atoms with Crippen molar-refractivity contribution in [3.63, 3.8) is 0 Å². The Labute approximate surface area is 169 Å². The third kappa shape index (κ3) is 1.56. The van der Waals surface area contributed by atoms with Crippen molar-refractivity contribution in [1.29, 1.82) is 5.26 Å². The maximum absolute atomic E-state index is 8.98. The van der Waals surface area contributed by atoms with E-state index < -0.39 is 0 Å². The van der Waals surface area contributed by atoms with E-state index in [1.54, 1.807) is 6.42 Å². The summed E-state index contributed by atoms with van der Waals surface area (Å²) in [5, 5.41) is 8.98. The molecule has 0 amide bonds. The van der Waals surface area contributed by atoms with E-state index in [4.69, 9.17) is 10.00 Å². The van der Waals surface area contributed by atoms with E-state index in [1.165, 1.54) is 19.3 Å². The van der Waals surface area contributed by atoms with Crippen LogP contribution in [0.1, 0.15) is 45.4 Å². The molecule has 0 aromatic heterocycles. The number of fused-ring (bicyclic) bond motifs is 23. The molecule has 8 aliphatic rings. The number of unbranched alkanes of at least 4 members (excludes halogenated alkanes) is 1. The molecular formula is C26H33NO. The second kappa shape index (κ2) is 5.08. The molecule has 2 heterocycles. The van der Waals surface area contributed by atoms with Gasteiger partial charge in [-0.1, -0.05) is 19.1 Å². The number of hydrogen-bond donors (Lipinski definition) is 0. The number of ether oxygens (including phenoxy) is 1. The van der Waals surface area contributed by atoms with Crippen LogP contribution in [0.5, 0.6) is 0 Å². The monoisotopic (exact) mass is 375 g/mol.